The summed E-state index contributed by atoms with van der Waals surface area (Å²) in [5, 5.41) is 1.02. The van der Waals surface area contributed by atoms with E-state index in [1.807, 2.05) is 0 Å². The van der Waals surface area contributed by atoms with Crippen molar-refractivity contribution in [3.05, 3.63) is 0 Å². The van der Waals surface area contributed by atoms with Gasteiger partial charge in [-0.25, -0.2) is 8.42 Å². The summed E-state index contributed by atoms with van der Waals surface area (Å²) in [6, 6.07) is 0. The molecule has 0 N–H and O–H groups in total. The monoisotopic (exact) mass is 311 g/mol. The SMILES string of the molecule is CCCC(CBr)CN1CCCS(=O)(=O)CC1. The van der Waals surface area contributed by atoms with Crippen molar-refractivity contribution >= 4 is 25.8 Å². The zero-order valence-corrected chi connectivity index (χ0v) is 12.4. The van der Waals surface area contributed by atoms with Gasteiger partial charge in [-0.3, -0.25) is 0 Å². The summed E-state index contributed by atoms with van der Waals surface area (Å²) in [6.07, 6.45) is 3.21. The predicted octanol–water partition coefficient (Wildman–Crippen LogP) is 1.92. The maximum Gasteiger partial charge on any atom is 0.151 e. The van der Waals surface area contributed by atoms with Gasteiger partial charge in [-0.1, -0.05) is 29.3 Å². The fourth-order valence-corrected chi connectivity index (χ4v) is 4.00. The lowest BCUT2D eigenvalue weighted by Gasteiger charge is -2.24. The van der Waals surface area contributed by atoms with Crippen LogP contribution in [0.1, 0.15) is 26.2 Å². The van der Waals surface area contributed by atoms with E-state index in [2.05, 4.69) is 27.8 Å². The highest BCUT2D eigenvalue weighted by molar-refractivity contribution is 9.09. The van der Waals surface area contributed by atoms with Crippen molar-refractivity contribution in [2.75, 3.05) is 36.5 Å². The normalized spacial score (nSPS) is 23.9. The van der Waals surface area contributed by atoms with E-state index in [1.54, 1.807) is 0 Å². The first kappa shape index (κ1) is 14.5. The van der Waals surface area contributed by atoms with Crippen molar-refractivity contribution in [3.8, 4) is 0 Å². The van der Waals surface area contributed by atoms with Crippen LogP contribution < -0.4 is 0 Å². The molecule has 0 amide bonds. The van der Waals surface area contributed by atoms with E-state index < -0.39 is 9.84 Å². The highest BCUT2D eigenvalue weighted by Gasteiger charge is 2.20. The molecule has 0 spiro atoms. The number of sulfone groups is 1. The number of hydrogen-bond acceptors (Lipinski definition) is 3. The van der Waals surface area contributed by atoms with Gasteiger partial charge in [-0.15, -0.1) is 0 Å². The Morgan fingerprint density at radius 1 is 1.31 bits per heavy atom. The fraction of sp³-hybridized carbons (Fsp3) is 1.00. The first-order valence-corrected chi connectivity index (χ1v) is 9.00. The molecule has 5 heteroatoms. The number of nitrogens with zero attached hydrogens (tertiary/aromatic N) is 1. The summed E-state index contributed by atoms with van der Waals surface area (Å²) in [4.78, 5) is 2.31. The molecule has 1 unspecified atom stereocenters. The average Bonchev–Trinajstić information content (AvgIpc) is 2.40. The lowest BCUT2D eigenvalue weighted by Crippen LogP contribution is -2.32. The Hall–Kier alpha value is 0.390. The molecule has 96 valence electrons. The summed E-state index contributed by atoms with van der Waals surface area (Å²) >= 11 is 3.54. The molecule has 1 heterocycles. The highest BCUT2D eigenvalue weighted by Crippen LogP contribution is 2.14. The molecule has 0 bridgehead atoms. The van der Waals surface area contributed by atoms with E-state index in [-0.39, 0.29) is 0 Å². The molecule has 0 aromatic rings. The maximum absolute atomic E-state index is 11.5. The van der Waals surface area contributed by atoms with Crippen molar-refractivity contribution in [2.45, 2.75) is 26.2 Å². The minimum Gasteiger partial charge on any atom is -0.302 e. The Balaban J connectivity index is 2.42. The van der Waals surface area contributed by atoms with Crippen LogP contribution in [0.2, 0.25) is 0 Å². The van der Waals surface area contributed by atoms with E-state index in [1.165, 1.54) is 12.8 Å². The van der Waals surface area contributed by atoms with Gasteiger partial charge in [0.1, 0.15) is 0 Å². The van der Waals surface area contributed by atoms with Crippen LogP contribution in [0.3, 0.4) is 0 Å². The Morgan fingerprint density at radius 2 is 2.06 bits per heavy atom. The van der Waals surface area contributed by atoms with Crippen LogP contribution in [0.25, 0.3) is 0 Å². The second kappa shape index (κ2) is 6.97. The fourth-order valence-electron chi connectivity index (χ4n) is 2.16. The lowest BCUT2D eigenvalue weighted by molar-refractivity contribution is 0.250. The van der Waals surface area contributed by atoms with Crippen LogP contribution in [0.5, 0.6) is 0 Å². The zero-order valence-electron chi connectivity index (χ0n) is 9.99. The molecule has 1 atom stereocenters. The van der Waals surface area contributed by atoms with Gasteiger partial charge in [0.05, 0.1) is 11.5 Å². The molecule has 0 aromatic heterocycles. The molecule has 0 radical (unpaired) electrons. The smallest absolute Gasteiger partial charge is 0.151 e. The van der Waals surface area contributed by atoms with Crippen LogP contribution in [0, 0.1) is 5.92 Å². The van der Waals surface area contributed by atoms with Crippen LogP contribution in [-0.4, -0.2) is 49.8 Å². The van der Waals surface area contributed by atoms with Crippen LogP contribution in [0.15, 0.2) is 0 Å². The first-order chi connectivity index (χ1) is 7.57. The molecule has 0 aromatic carbocycles. The van der Waals surface area contributed by atoms with E-state index in [9.17, 15) is 8.42 Å². The summed E-state index contributed by atoms with van der Waals surface area (Å²) in [5.74, 6) is 1.37. The van der Waals surface area contributed by atoms with Gasteiger partial charge < -0.3 is 4.90 Å². The lowest BCUT2D eigenvalue weighted by atomic mass is 10.1. The third-order valence-corrected chi connectivity index (χ3v) is 5.71. The maximum atomic E-state index is 11.5. The molecule has 0 aliphatic carbocycles. The molecular weight excluding hydrogens is 290 g/mol. The minimum atomic E-state index is -2.76. The molecule has 1 fully saturated rings. The van der Waals surface area contributed by atoms with Crippen molar-refractivity contribution in [3.63, 3.8) is 0 Å². The second-order valence-corrected chi connectivity index (χ2v) is 7.57. The Morgan fingerprint density at radius 3 is 2.69 bits per heavy atom. The average molecular weight is 312 g/mol. The Labute approximate surface area is 108 Å². The molecule has 16 heavy (non-hydrogen) atoms. The largest absolute Gasteiger partial charge is 0.302 e. The van der Waals surface area contributed by atoms with Crippen LogP contribution in [-0.2, 0) is 9.84 Å². The number of halogens is 1. The van der Waals surface area contributed by atoms with Gasteiger partial charge in [0.25, 0.3) is 0 Å². The van der Waals surface area contributed by atoms with Crippen molar-refractivity contribution < 1.29 is 8.42 Å². The van der Waals surface area contributed by atoms with Crippen molar-refractivity contribution in [1.82, 2.24) is 4.90 Å². The van der Waals surface area contributed by atoms with Crippen molar-refractivity contribution in [1.29, 1.82) is 0 Å². The number of rotatable bonds is 5. The van der Waals surface area contributed by atoms with E-state index >= 15 is 0 Å². The van der Waals surface area contributed by atoms with E-state index in [4.69, 9.17) is 0 Å². The van der Waals surface area contributed by atoms with Gasteiger partial charge in [-0.05, 0) is 25.3 Å². The Kier molecular flexibility index (Phi) is 6.29. The quantitative estimate of drug-likeness (QED) is 0.728. The number of hydrogen-bond donors (Lipinski definition) is 0. The standard InChI is InChI=1S/C11H22BrNO2S/c1-2-4-11(9-12)10-13-5-3-7-16(14,15)8-6-13/h11H,2-10H2,1H3. The zero-order chi connectivity index (χ0) is 12.0. The summed E-state index contributed by atoms with van der Waals surface area (Å²) in [5.41, 5.74) is 0. The molecule has 1 rings (SSSR count). The molecule has 1 aliphatic rings. The van der Waals surface area contributed by atoms with Crippen LogP contribution >= 0.6 is 15.9 Å². The minimum absolute atomic E-state index is 0.341. The summed E-state index contributed by atoms with van der Waals surface area (Å²) in [6.45, 7) is 4.89. The van der Waals surface area contributed by atoms with Gasteiger partial charge in [0.15, 0.2) is 9.84 Å². The highest BCUT2D eigenvalue weighted by atomic mass is 79.9. The van der Waals surface area contributed by atoms with Gasteiger partial charge in [0.2, 0.25) is 0 Å². The number of alkyl halides is 1. The third kappa shape index (κ3) is 5.15. The van der Waals surface area contributed by atoms with E-state index in [0.717, 1.165) is 31.4 Å². The molecule has 1 aliphatic heterocycles. The van der Waals surface area contributed by atoms with Gasteiger partial charge in [0, 0.05) is 18.4 Å². The van der Waals surface area contributed by atoms with Crippen molar-refractivity contribution in [2.24, 2.45) is 5.92 Å². The molecule has 0 saturated carbocycles. The second-order valence-electron chi connectivity index (χ2n) is 4.61. The molecular formula is C11H22BrNO2S. The third-order valence-electron chi connectivity index (χ3n) is 3.08. The topological polar surface area (TPSA) is 37.4 Å². The van der Waals surface area contributed by atoms with Gasteiger partial charge >= 0.3 is 0 Å². The van der Waals surface area contributed by atoms with E-state index in [0.29, 0.717) is 17.4 Å². The van der Waals surface area contributed by atoms with Gasteiger partial charge in [-0.2, -0.15) is 0 Å². The first-order valence-electron chi connectivity index (χ1n) is 6.06. The summed E-state index contributed by atoms with van der Waals surface area (Å²) in [7, 11) is -2.76. The molecule has 3 nitrogen and oxygen atoms in total. The van der Waals surface area contributed by atoms with Crippen LogP contribution in [0.4, 0.5) is 0 Å². The summed E-state index contributed by atoms with van der Waals surface area (Å²) < 4.78 is 22.9. The Bertz CT molecular complexity index is 292. The predicted molar refractivity (Wildman–Crippen MR) is 71.9 cm³/mol. The molecule has 1 saturated heterocycles.